The van der Waals surface area contributed by atoms with Crippen molar-refractivity contribution < 1.29 is 37.8 Å². The van der Waals surface area contributed by atoms with Crippen LogP contribution in [0.15, 0.2) is 21.3 Å². The van der Waals surface area contributed by atoms with E-state index in [1.54, 1.807) is 13.3 Å². The van der Waals surface area contributed by atoms with Crippen LogP contribution in [0.4, 0.5) is 0 Å². The molecule has 2 aliphatic heterocycles. The van der Waals surface area contributed by atoms with Gasteiger partial charge < -0.3 is 15.0 Å². The molecule has 2 atom stereocenters. The summed E-state index contributed by atoms with van der Waals surface area (Å²) in [5.41, 5.74) is 1.85. The number of hydrogen-bond donors (Lipinski definition) is 1. The Morgan fingerprint density at radius 1 is 1.62 bits per heavy atom. The van der Waals surface area contributed by atoms with Gasteiger partial charge in [0.05, 0.1) is 6.04 Å². The number of aliphatic hydroxyl groups excluding tert-OH is 1. The molecule has 0 fully saturated rings. The molecule has 2 rings (SSSR count). The molecule has 1 N–H and O–H groups in total. The molecule has 2 heterocycles. The molecule has 1 radical (unpaired) electrons. The van der Waals surface area contributed by atoms with E-state index in [2.05, 4.69) is 16.3 Å². The number of hydrogen-bond acceptors (Lipinski definition) is 4. The fourth-order valence-electron chi connectivity index (χ4n) is 1.34. The van der Waals surface area contributed by atoms with Gasteiger partial charge in [0.1, 0.15) is 6.23 Å². The van der Waals surface area contributed by atoms with Gasteiger partial charge in [-0.05, 0) is 7.05 Å². The molecular formula is C8H10N3OY-. The maximum atomic E-state index is 9.62. The first-order chi connectivity index (χ1) is 5.70. The second-order valence-corrected chi connectivity index (χ2v) is 3.03. The van der Waals surface area contributed by atoms with Gasteiger partial charge in [0.15, 0.2) is 0 Å². The first-order valence-electron chi connectivity index (χ1n) is 3.81. The zero-order valence-corrected chi connectivity index (χ0v) is 10.4. The van der Waals surface area contributed by atoms with Gasteiger partial charge in [0.25, 0.3) is 0 Å². The maximum absolute atomic E-state index is 9.62. The minimum Gasteiger partial charge on any atom is -0.436 e. The van der Waals surface area contributed by atoms with Crippen molar-refractivity contribution in [3.05, 3.63) is 11.3 Å². The standard InChI is InChI=1S/C8H10N3O.Y/c1-5-3-9-7-6(5)10-4-11(2)8(7)12;/h3,7-8,12H,1-2H3;/q-1;. The summed E-state index contributed by atoms with van der Waals surface area (Å²) in [6.07, 6.45) is 3.83. The number of aliphatic imine (C=N–C) groups is 2. The number of rotatable bonds is 0. The van der Waals surface area contributed by atoms with Gasteiger partial charge in [0.2, 0.25) is 0 Å². The molecule has 0 amide bonds. The summed E-state index contributed by atoms with van der Waals surface area (Å²) in [7, 11) is 1.73. The van der Waals surface area contributed by atoms with Crippen LogP contribution in [-0.4, -0.2) is 41.9 Å². The SMILES string of the molecule is CC1=C2N=[C-]N(C)C(O)C2N=C1.[Y]. The van der Waals surface area contributed by atoms with Gasteiger partial charge in [-0.25, -0.2) is 0 Å². The van der Waals surface area contributed by atoms with E-state index in [0.717, 1.165) is 11.3 Å². The summed E-state index contributed by atoms with van der Waals surface area (Å²) in [4.78, 5) is 9.75. The molecule has 4 nitrogen and oxygen atoms in total. The normalized spacial score (nSPS) is 30.5. The van der Waals surface area contributed by atoms with Crippen molar-refractivity contribution in [1.29, 1.82) is 0 Å². The molecule has 5 heteroatoms. The Labute approximate surface area is 102 Å². The van der Waals surface area contributed by atoms with E-state index in [9.17, 15) is 5.11 Å². The Balaban J connectivity index is 0.000000845. The monoisotopic (exact) mass is 253 g/mol. The molecule has 0 saturated heterocycles. The van der Waals surface area contributed by atoms with Crippen molar-refractivity contribution in [2.75, 3.05) is 7.05 Å². The fourth-order valence-corrected chi connectivity index (χ4v) is 1.34. The van der Waals surface area contributed by atoms with Crippen molar-refractivity contribution in [2.45, 2.75) is 19.2 Å². The largest absolute Gasteiger partial charge is 0.436 e. The van der Waals surface area contributed by atoms with Crippen LogP contribution in [0.25, 0.3) is 0 Å². The van der Waals surface area contributed by atoms with Crippen LogP contribution in [0.3, 0.4) is 0 Å². The predicted octanol–water partition coefficient (Wildman–Crippen LogP) is -0.120. The summed E-state index contributed by atoms with van der Waals surface area (Å²) >= 11 is 0. The molecular weight excluding hydrogens is 243 g/mol. The van der Waals surface area contributed by atoms with Crippen LogP contribution in [-0.2, 0) is 32.7 Å². The van der Waals surface area contributed by atoms with Crippen molar-refractivity contribution in [3.8, 4) is 0 Å². The number of allylic oxidation sites excluding steroid dienone is 1. The number of likely N-dealkylation sites (N-methyl/N-ethyl adjacent to an activating group) is 1. The molecule has 67 valence electrons. The Morgan fingerprint density at radius 2 is 2.31 bits per heavy atom. The second kappa shape index (κ2) is 3.99. The maximum Gasteiger partial charge on any atom is 0.124 e. The summed E-state index contributed by atoms with van der Waals surface area (Å²) in [6.45, 7) is 1.93. The summed E-state index contributed by atoms with van der Waals surface area (Å²) in [5.74, 6) is 0. The molecule has 0 bridgehead atoms. The van der Waals surface area contributed by atoms with E-state index in [4.69, 9.17) is 0 Å². The molecule has 2 aliphatic rings. The Morgan fingerprint density at radius 3 is 3.00 bits per heavy atom. The van der Waals surface area contributed by atoms with Crippen molar-refractivity contribution in [2.24, 2.45) is 9.98 Å². The van der Waals surface area contributed by atoms with Crippen LogP contribution in [0, 0.1) is 0 Å². The zero-order valence-electron chi connectivity index (χ0n) is 7.60. The minimum atomic E-state index is -0.619. The smallest absolute Gasteiger partial charge is 0.124 e. The molecule has 0 aromatic rings. The van der Waals surface area contributed by atoms with Crippen LogP contribution < -0.4 is 0 Å². The van der Waals surface area contributed by atoms with E-state index >= 15 is 0 Å². The third-order valence-corrected chi connectivity index (χ3v) is 2.12. The third-order valence-electron chi connectivity index (χ3n) is 2.12. The summed E-state index contributed by atoms with van der Waals surface area (Å²) in [5, 5.41) is 9.62. The van der Waals surface area contributed by atoms with Gasteiger partial charge in [0, 0.05) is 38.9 Å². The molecule has 0 spiro atoms. The van der Waals surface area contributed by atoms with Gasteiger partial charge in [-0.15, -0.1) is 0 Å². The molecule has 2 unspecified atom stereocenters. The fraction of sp³-hybridized carbons (Fsp3) is 0.500. The Kier molecular flexibility index (Phi) is 3.38. The Bertz CT molecular complexity index is 298. The van der Waals surface area contributed by atoms with Crippen LogP contribution in [0.5, 0.6) is 0 Å². The van der Waals surface area contributed by atoms with E-state index in [1.807, 2.05) is 6.92 Å². The number of fused-ring (bicyclic) bond motifs is 1. The minimum absolute atomic E-state index is 0. The zero-order chi connectivity index (χ0) is 8.72. The van der Waals surface area contributed by atoms with E-state index in [-0.39, 0.29) is 38.8 Å². The summed E-state index contributed by atoms with van der Waals surface area (Å²) < 4.78 is 0. The Hall–Kier alpha value is -0.0561. The predicted molar refractivity (Wildman–Crippen MR) is 46.2 cm³/mol. The average Bonchev–Trinajstić information content (AvgIpc) is 2.41. The van der Waals surface area contributed by atoms with Crippen LogP contribution in [0.1, 0.15) is 6.92 Å². The van der Waals surface area contributed by atoms with Gasteiger partial charge >= 0.3 is 0 Å². The molecule has 0 saturated carbocycles. The second-order valence-electron chi connectivity index (χ2n) is 3.03. The number of aliphatic hydroxyl groups is 1. The topological polar surface area (TPSA) is 48.2 Å². The first-order valence-corrected chi connectivity index (χ1v) is 3.81. The van der Waals surface area contributed by atoms with E-state index in [0.29, 0.717) is 0 Å². The van der Waals surface area contributed by atoms with Crippen LogP contribution >= 0.6 is 0 Å². The average molecular weight is 253 g/mol. The van der Waals surface area contributed by atoms with E-state index in [1.165, 1.54) is 4.90 Å². The molecule has 0 aromatic heterocycles. The van der Waals surface area contributed by atoms with E-state index < -0.39 is 6.23 Å². The molecule has 0 aromatic carbocycles. The van der Waals surface area contributed by atoms with Gasteiger partial charge in [-0.1, -0.05) is 24.5 Å². The molecule has 13 heavy (non-hydrogen) atoms. The van der Waals surface area contributed by atoms with Crippen molar-refractivity contribution in [1.82, 2.24) is 4.90 Å². The first kappa shape index (κ1) is 11.0. The summed E-state index contributed by atoms with van der Waals surface area (Å²) in [6, 6.07) is -0.212. The number of nitrogens with zero attached hydrogens (tertiary/aromatic N) is 3. The third kappa shape index (κ3) is 1.75. The van der Waals surface area contributed by atoms with Gasteiger partial charge in [-0.3, -0.25) is 4.99 Å². The van der Waals surface area contributed by atoms with Crippen molar-refractivity contribution in [3.63, 3.8) is 0 Å². The van der Waals surface area contributed by atoms with Crippen LogP contribution in [0.2, 0.25) is 0 Å². The van der Waals surface area contributed by atoms with Gasteiger partial charge in [-0.2, -0.15) is 0 Å². The molecule has 0 aliphatic carbocycles. The quantitative estimate of drug-likeness (QED) is 0.612. The van der Waals surface area contributed by atoms with Crippen molar-refractivity contribution >= 4 is 12.6 Å².